The van der Waals surface area contributed by atoms with Crippen LogP contribution in [0.4, 0.5) is 5.69 Å². The Labute approximate surface area is 178 Å². The molecule has 0 radical (unpaired) electrons. The van der Waals surface area contributed by atoms with Crippen LogP contribution in [0, 0.1) is 6.92 Å². The van der Waals surface area contributed by atoms with Crippen LogP contribution in [-0.4, -0.2) is 38.3 Å². The highest BCUT2D eigenvalue weighted by atomic mass is 32.2. The third-order valence-corrected chi connectivity index (χ3v) is 5.33. The molecule has 8 heteroatoms. The highest BCUT2D eigenvalue weighted by Crippen LogP contribution is 2.31. The van der Waals surface area contributed by atoms with Gasteiger partial charge in [0.2, 0.25) is 11.1 Å². The Morgan fingerprint density at radius 2 is 1.87 bits per heavy atom. The second-order valence-corrected chi connectivity index (χ2v) is 7.53. The van der Waals surface area contributed by atoms with Crippen LogP contribution in [0.1, 0.15) is 5.56 Å². The van der Waals surface area contributed by atoms with Crippen LogP contribution in [0.25, 0.3) is 11.4 Å². The Hall–Kier alpha value is -3.52. The van der Waals surface area contributed by atoms with E-state index < -0.39 is 0 Å². The van der Waals surface area contributed by atoms with E-state index in [-0.39, 0.29) is 11.7 Å². The molecule has 0 aliphatic rings. The number of nitrogens with zero attached hydrogens (tertiary/aromatic N) is 4. The normalized spacial score (nSPS) is 10.7. The summed E-state index contributed by atoms with van der Waals surface area (Å²) >= 11 is 1.32. The second kappa shape index (κ2) is 8.87. The Kier molecular flexibility index (Phi) is 5.85. The molecule has 0 spiro atoms. The van der Waals surface area contributed by atoms with Gasteiger partial charge in [0.1, 0.15) is 5.75 Å². The maximum Gasteiger partial charge on any atom is 0.234 e. The van der Waals surface area contributed by atoms with E-state index in [4.69, 9.17) is 4.74 Å². The molecule has 30 heavy (non-hydrogen) atoms. The first-order chi connectivity index (χ1) is 14.7. The maximum atomic E-state index is 12.5. The maximum absolute atomic E-state index is 12.5. The number of aromatic nitrogens is 4. The first-order valence-electron chi connectivity index (χ1n) is 9.37. The van der Waals surface area contributed by atoms with Crippen LogP contribution in [0.2, 0.25) is 0 Å². The van der Waals surface area contributed by atoms with Crippen LogP contribution >= 0.6 is 11.8 Å². The highest BCUT2D eigenvalue weighted by Gasteiger charge is 2.19. The first kappa shape index (κ1) is 19.8. The summed E-state index contributed by atoms with van der Waals surface area (Å²) in [7, 11) is 1.63. The number of carbonyl (C=O) groups is 1. The molecule has 0 unspecified atom stereocenters. The van der Waals surface area contributed by atoms with E-state index in [0.717, 1.165) is 16.8 Å². The van der Waals surface area contributed by atoms with Crippen molar-refractivity contribution in [2.45, 2.75) is 12.1 Å². The monoisotopic (exact) mass is 419 g/mol. The average Bonchev–Trinajstić information content (AvgIpc) is 3.41. The van der Waals surface area contributed by atoms with Gasteiger partial charge >= 0.3 is 0 Å². The van der Waals surface area contributed by atoms with E-state index in [1.807, 2.05) is 89.3 Å². The molecular formula is C22H21N5O2S. The van der Waals surface area contributed by atoms with Gasteiger partial charge in [-0.1, -0.05) is 36.0 Å². The molecule has 2 heterocycles. The second-order valence-electron chi connectivity index (χ2n) is 6.59. The smallest absolute Gasteiger partial charge is 0.234 e. The van der Waals surface area contributed by atoms with Crippen LogP contribution in [-0.2, 0) is 4.79 Å². The lowest BCUT2D eigenvalue weighted by Gasteiger charge is -2.13. The number of rotatable bonds is 7. The number of amides is 1. The van der Waals surface area contributed by atoms with Crippen molar-refractivity contribution in [2.75, 3.05) is 18.2 Å². The fourth-order valence-electron chi connectivity index (χ4n) is 3.07. The quantitative estimate of drug-likeness (QED) is 0.457. The number of para-hydroxylation sites is 1. The topological polar surface area (TPSA) is 74.0 Å². The SMILES string of the molecule is COc1ccccc1-c1nnc(SCC(=O)Nc2cccc(C)c2)n1-n1cccc1. The number of benzene rings is 2. The molecule has 1 amide bonds. The van der Waals surface area contributed by atoms with E-state index >= 15 is 0 Å². The molecule has 0 aliphatic heterocycles. The molecule has 2 aromatic heterocycles. The summed E-state index contributed by atoms with van der Waals surface area (Å²) in [5.74, 6) is 1.43. The van der Waals surface area contributed by atoms with Crippen LogP contribution < -0.4 is 10.1 Å². The van der Waals surface area contributed by atoms with Gasteiger partial charge in [0, 0.05) is 18.1 Å². The number of carbonyl (C=O) groups excluding carboxylic acids is 1. The Bertz CT molecular complexity index is 1150. The zero-order chi connectivity index (χ0) is 20.9. The van der Waals surface area contributed by atoms with Gasteiger partial charge in [-0.25, -0.2) is 4.68 Å². The predicted molar refractivity (Wildman–Crippen MR) is 118 cm³/mol. The number of hydrogen-bond acceptors (Lipinski definition) is 5. The molecule has 0 saturated heterocycles. The van der Waals surface area contributed by atoms with Crippen molar-refractivity contribution in [3.63, 3.8) is 0 Å². The minimum atomic E-state index is -0.105. The first-order valence-corrected chi connectivity index (χ1v) is 10.4. The molecule has 0 saturated carbocycles. The lowest BCUT2D eigenvalue weighted by molar-refractivity contribution is -0.113. The summed E-state index contributed by atoms with van der Waals surface area (Å²) in [5, 5.41) is 12.2. The molecule has 2 aromatic carbocycles. The Morgan fingerprint density at radius 1 is 1.07 bits per heavy atom. The van der Waals surface area contributed by atoms with Gasteiger partial charge < -0.3 is 10.1 Å². The number of anilines is 1. The van der Waals surface area contributed by atoms with Crippen molar-refractivity contribution in [3.8, 4) is 17.1 Å². The molecular weight excluding hydrogens is 398 g/mol. The molecule has 7 nitrogen and oxygen atoms in total. The van der Waals surface area contributed by atoms with Gasteiger partial charge in [0.15, 0.2) is 5.82 Å². The molecule has 1 N–H and O–H groups in total. The van der Waals surface area contributed by atoms with E-state index in [9.17, 15) is 4.79 Å². The fourth-order valence-corrected chi connectivity index (χ4v) is 3.80. The summed E-state index contributed by atoms with van der Waals surface area (Å²) in [6.07, 6.45) is 3.80. The highest BCUT2D eigenvalue weighted by molar-refractivity contribution is 7.99. The summed E-state index contributed by atoms with van der Waals surface area (Å²) in [4.78, 5) is 12.5. The van der Waals surface area contributed by atoms with Gasteiger partial charge in [-0.3, -0.25) is 9.47 Å². The van der Waals surface area contributed by atoms with Crippen LogP contribution in [0.3, 0.4) is 0 Å². The molecule has 0 bridgehead atoms. The minimum absolute atomic E-state index is 0.105. The number of ether oxygens (including phenoxy) is 1. The largest absolute Gasteiger partial charge is 0.496 e. The van der Waals surface area contributed by atoms with E-state index in [2.05, 4.69) is 15.5 Å². The number of hydrogen-bond donors (Lipinski definition) is 1. The van der Waals surface area contributed by atoms with Crippen molar-refractivity contribution in [2.24, 2.45) is 0 Å². The molecule has 0 fully saturated rings. The summed E-state index contributed by atoms with van der Waals surface area (Å²) < 4.78 is 9.24. The number of thioether (sulfide) groups is 1. The van der Waals surface area contributed by atoms with E-state index in [1.54, 1.807) is 7.11 Å². The van der Waals surface area contributed by atoms with E-state index in [1.165, 1.54) is 11.8 Å². The number of nitrogens with one attached hydrogen (secondary N) is 1. The van der Waals surface area contributed by atoms with Crippen molar-refractivity contribution >= 4 is 23.4 Å². The van der Waals surface area contributed by atoms with Gasteiger partial charge in [-0.05, 0) is 48.9 Å². The minimum Gasteiger partial charge on any atom is -0.496 e. The molecule has 4 aromatic rings. The number of methoxy groups -OCH3 is 1. The van der Waals surface area contributed by atoms with Gasteiger partial charge in [-0.2, -0.15) is 0 Å². The predicted octanol–water partition coefficient (Wildman–Crippen LogP) is 4.11. The van der Waals surface area contributed by atoms with E-state index in [0.29, 0.717) is 16.7 Å². The Balaban J connectivity index is 1.59. The molecule has 4 rings (SSSR count). The van der Waals surface area contributed by atoms with Gasteiger partial charge in [-0.15, -0.1) is 10.2 Å². The van der Waals surface area contributed by atoms with Gasteiger partial charge in [0.05, 0.1) is 18.4 Å². The zero-order valence-electron chi connectivity index (χ0n) is 16.6. The summed E-state index contributed by atoms with van der Waals surface area (Å²) in [6, 6.07) is 19.2. The number of aryl methyl sites for hydroxylation is 1. The Morgan fingerprint density at radius 3 is 2.63 bits per heavy atom. The third-order valence-electron chi connectivity index (χ3n) is 4.41. The summed E-state index contributed by atoms with van der Waals surface area (Å²) in [5.41, 5.74) is 2.69. The molecule has 152 valence electrons. The van der Waals surface area contributed by atoms with Crippen LogP contribution in [0.5, 0.6) is 5.75 Å². The zero-order valence-corrected chi connectivity index (χ0v) is 17.5. The van der Waals surface area contributed by atoms with Crippen molar-refractivity contribution < 1.29 is 9.53 Å². The molecule has 0 atom stereocenters. The molecule has 0 aliphatic carbocycles. The van der Waals surface area contributed by atoms with Crippen molar-refractivity contribution in [3.05, 3.63) is 78.6 Å². The van der Waals surface area contributed by atoms with Crippen molar-refractivity contribution in [1.29, 1.82) is 0 Å². The van der Waals surface area contributed by atoms with Crippen molar-refractivity contribution in [1.82, 2.24) is 19.5 Å². The average molecular weight is 420 g/mol. The summed E-state index contributed by atoms with van der Waals surface area (Å²) in [6.45, 7) is 1.99. The lowest BCUT2D eigenvalue weighted by Crippen LogP contribution is -2.16. The third kappa shape index (κ3) is 4.23. The lowest BCUT2D eigenvalue weighted by atomic mass is 10.2. The fraction of sp³-hybridized carbons (Fsp3) is 0.136. The van der Waals surface area contributed by atoms with Crippen LogP contribution in [0.15, 0.2) is 78.2 Å². The standard InChI is InChI=1S/C22H21N5O2S/c1-16-8-7-9-17(14-16)23-20(28)15-30-22-25-24-21(27(22)26-12-5-6-13-26)18-10-3-4-11-19(18)29-2/h3-14H,15H2,1-2H3,(H,23,28). The van der Waals surface area contributed by atoms with Gasteiger partial charge in [0.25, 0.3) is 0 Å².